The Morgan fingerprint density at radius 2 is 1.74 bits per heavy atom. The average molecular weight is 771 g/mol. The van der Waals surface area contributed by atoms with Crippen LogP contribution in [0, 0.1) is 16.0 Å². The number of carbonyl (C=O) groups is 5. The zero-order valence-electron chi connectivity index (χ0n) is 29.9. The SMILES string of the molecule is COc1c(O)cc2cc1Oc1ccc(cc1[N+](=O)[O-])C[C@@H](NC(=O)[C@H](N)CC(C)C)C(=O)N[C@@H](Cc1ccccc1)C(=O)N[C@H]2[C@@H](NC(C)=O)C(=O)O.Cl. The summed E-state index contributed by atoms with van der Waals surface area (Å²) in [6.45, 7) is 4.79. The van der Waals surface area contributed by atoms with Crippen LogP contribution < -0.4 is 36.5 Å². The van der Waals surface area contributed by atoms with Crippen LogP contribution in [-0.2, 0) is 36.8 Å². The van der Waals surface area contributed by atoms with Crippen molar-refractivity contribution in [2.24, 2.45) is 11.7 Å². The highest BCUT2D eigenvalue weighted by atomic mass is 35.5. The third kappa shape index (κ3) is 10.8. The van der Waals surface area contributed by atoms with Gasteiger partial charge in [-0.05, 0) is 47.2 Å². The molecule has 0 saturated heterocycles. The van der Waals surface area contributed by atoms with E-state index in [1.54, 1.807) is 30.3 Å². The maximum atomic E-state index is 14.2. The minimum Gasteiger partial charge on any atom is -0.504 e. The number of aliphatic carboxylic acids is 1. The number of carboxylic acid groups (broad SMARTS) is 1. The van der Waals surface area contributed by atoms with E-state index < -0.39 is 76.2 Å². The van der Waals surface area contributed by atoms with Gasteiger partial charge in [0.15, 0.2) is 17.5 Å². The molecule has 17 nitrogen and oxygen atoms in total. The number of halogens is 1. The second kappa shape index (κ2) is 18.7. The lowest BCUT2D eigenvalue weighted by Gasteiger charge is -2.30. The zero-order chi connectivity index (χ0) is 39.0. The number of carbonyl (C=O) groups excluding carboxylic acids is 4. The number of fused-ring (bicyclic) bond motifs is 9. The summed E-state index contributed by atoms with van der Waals surface area (Å²) in [5.74, 6) is -6.21. The maximum absolute atomic E-state index is 14.2. The number of nitro benzene ring substituents is 1. The predicted molar refractivity (Wildman–Crippen MR) is 196 cm³/mol. The summed E-state index contributed by atoms with van der Waals surface area (Å²) in [6, 6.07) is 7.38. The number of rotatable bonds is 11. The van der Waals surface area contributed by atoms with Crippen molar-refractivity contribution in [2.75, 3.05) is 7.11 Å². The van der Waals surface area contributed by atoms with E-state index in [-0.39, 0.29) is 66.0 Å². The van der Waals surface area contributed by atoms with Crippen LogP contribution >= 0.6 is 12.4 Å². The van der Waals surface area contributed by atoms with Gasteiger partial charge in [-0.25, -0.2) is 4.79 Å². The smallest absolute Gasteiger partial charge is 0.328 e. The molecule has 0 unspecified atom stereocenters. The molecule has 4 amide bonds. The first-order valence-electron chi connectivity index (χ1n) is 16.6. The Labute approximate surface area is 316 Å². The van der Waals surface area contributed by atoms with Crippen LogP contribution in [0.2, 0.25) is 0 Å². The van der Waals surface area contributed by atoms with E-state index in [0.717, 1.165) is 19.1 Å². The molecular formula is C36H43ClN6O11. The molecule has 0 aromatic heterocycles. The summed E-state index contributed by atoms with van der Waals surface area (Å²) < 4.78 is 11.2. The van der Waals surface area contributed by atoms with Gasteiger partial charge in [0.1, 0.15) is 12.1 Å². The largest absolute Gasteiger partial charge is 0.504 e. The van der Waals surface area contributed by atoms with E-state index in [1.165, 1.54) is 25.3 Å². The topological polar surface area (TPSA) is 262 Å². The number of hydrogen-bond donors (Lipinski definition) is 7. The van der Waals surface area contributed by atoms with Gasteiger partial charge in [-0.1, -0.05) is 50.2 Å². The lowest BCUT2D eigenvalue weighted by molar-refractivity contribution is -0.385. The molecule has 18 heteroatoms. The van der Waals surface area contributed by atoms with Crippen molar-refractivity contribution in [3.8, 4) is 23.0 Å². The molecule has 2 aliphatic rings. The van der Waals surface area contributed by atoms with E-state index in [0.29, 0.717) is 5.56 Å². The lowest BCUT2D eigenvalue weighted by Crippen LogP contribution is -2.58. The number of phenolic OH excluding ortho intramolecular Hbond substituents is 1. The number of phenols is 1. The molecule has 54 heavy (non-hydrogen) atoms. The molecule has 0 spiro atoms. The summed E-state index contributed by atoms with van der Waals surface area (Å²) >= 11 is 0. The minimum atomic E-state index is -1.84. The van der Waals surface area contributed by atoms with Gasteiger partial charge in [-0.15, -0.1) is 12.4 Å². The molecule has 290 valence electrons. The molecule has 2 aliphatic heterocycles. The van der Waals surface area contributed by atoms with Crippen molar-refractivity contribution in [1.82, 2.24) is 21.3 Å². The molecule has 3 aromatic rings. The third-order valence-electron chi connectivity index (χ3n) is 8.37. The van der Waals surface area contributed by atoms with Gasteiger partial charge in [0.2, 0.25) is 35.1 Å². The number of nitro groups is 1. The number of benzene rings is 3. The molecule has 5 rings (SSSR count). The van der Waals surface area contributed by atoms with Gasteiger partial charge in [0.25, 0.3) is 0 Å². The molecule has 5 atom stereocenters. The third-order valence-corrected chi connectivity index (χ3v) is 8.37. The standard InChI is InChI=1S/C36H42N6O11.ClH/c1-18(2)12-23(37)33(45)39-25-14-21-10-11-28(26(15-21)42(50)51)53-29-17-22(16-27(44)32(29)52-4)30(31(36(48)49)38-19(3)43)41-35(47)24(40-34(25)46)13-20-8-6-5-7-9-20;/h5-11,15-18,23-25,30-31,44H,12-14,37H2,1-4H3,(H,38,43)(H,39,45)(H,40,46)(H,41,47)(H,48,49);1H/t23-,24+,25-,30-,31-;/m1./s1. The first-order chi connectivity index (χ1) is 25.1. The van der Waals surface area contributed by atoms with Crippen LogP contribution in [0.1, 0.15) is 49.9 Å². The van der Waals surface area contributed by atoms with Crippen molar-refractivity contribution >= 4 is 47.7 Å². The Hall–Kier alpha value is -5.94. The fourth-order valence-electron chi connectivity index (χ4n) is 5.90. The number of aromatic hydroxyl groups is 1. The highest BCUT2D eigenvalue weighted by molar-refractivity contribution is 5.94. The summed E-state index contributed by atoms with van der Waals surface area (Å²) in [5, 5.41) is 43.7. The average Bonchev–Trinajstić information content (AvgIpc) is 3.08. The number of hydrogen-bond acceptors (Lipinski definition) is 11. The highest BCUT2D eigenvalue weighted by Crippen LogP contribution is 2.44. The van der Waals surface area contributed by atoms with Gasteiger partial charge in [-0.2, -0.15) is 0 Å². The second-order valence-corrected chi connectivity index (χ2v) is 13.0. The second-order valence-electron chi connectivity index (χ2n) is 13.0. The van der Waals surface area contributed by atoms with Gasteiger partial charge in [0.05, 0.1) is 24.1 Å². The first-order valence-corrected chi connectivity index (χ1v) is 16.6. The number of ether oxygens (including phenoxy) is 2. The van der Waals surface area contributed by atoms with Gasteiger partial charge < -0.3 is 46.7 Å². The molecule has 0 radical (unpaired) electrons. The monoisotopic (exact) mass is 770 g/mol. The van der Waals surface area contributed by atoms with Crippen molar-refractivity contribution < 1.29 is 48.6 Å². The van der Waals surface area contributed by atoms with Crippen molar-refractivity contribution in [2.45, 2.75) is 70.2 Å². The van der Waals surface area contributed by atoms with Crippen LogP contribution in [0.25, 0.3) is 0 Å². The fraction of sp³-hybridized carbons (Fsp3) is 0.361. The molecule has 4 bridgehead atoms. The molecule has 3 aromatic carbocycles. The van der Waals surface area contributed by atoms with E-state index in [4.69, 9.17) is 15.2 Å². The maximum Gasteiger partial charge on any atom is 0.328 e. The van der Waals surface area contributed by atoms with Crippen LogP contribution in [0.5, 0.6) is 23.0 Å². The normalized spacial score (nSPS) is 18.1. The van der Waals surface area contributed by atoms with E-state index >= 15 is 0 Å². The Morgan fingerprint density at radius 3 is 2.33 bits per heavy atom. The summed E-state index contributed by atoms with van der Waals surface area (Å²) in [5.41, 5.74) is 6.28. The Bertz CT molecular complexity index is 1880. The number of nitrogens with zero attached hydrogens (tertiary/aromatic N) is 1. The van der Waals surface area contributed by atoms with Gasteiger partial charge in [-0.3, -0.25) is 29.3 Å². The molecule has 2 heterocycles. The molecule has 0 saturated carbocycles. The molecule has 0 aliphatic carbocycles. The van der Waals surface area contributed by atoms with Crippen LogP contribution in [0.4, 0.5) is 5.69 Å². The van der Waals surface area contributed by atoms with Gasteiger partial charge >= 0.3 is 11.7 Å². The predicted octanol–water partition coefficient (Wildman–Crippen LogP) is 2.41. The van der Waals surface area contributed by atoms with Gasteiger partial charge in [0, 0.05) is 25.8 Å². The summed E-state index contributed by atoms with van der Waals surface area (Å²) in [4.78, 5) is 77.9. The first kappa shape index (κ1) is 42.5. The molecule has 8 N–H and O–H groups in total. The number of carboxylic acids is 1. The van der Waals surface area contributed by atoms with E-state index in [2.05, 4.69) is 21.3 Å². The van der Waals surface area contributed by atoms with Crippen LogP contribution in [0.15, 0.2) is 60.7 Å². The zero-order valence-corrected chi connectivity index (χ0v) is 30.7. The highest BCUT2D eigenvalue weighted by Gasteiger charge is 2.37. The van der Waals surface area contributed by atoms with Crippen molar-refractivity contribution in [3.63, 3.8) is 0 Å². The number of nitrogens with one attached hydrogen (secondary N) is 4. The fourth-order valence-corrected chi connectivity index (χ4v) is 5.90. The Morgan fingerprint density at radius 1 is 1.06 bits per heavy atom. The minimum absolute atomic E-state index is 0. The summed E-state index contributed by atoms with van der Waals surface area (Å²) in [7, 11) is 1.19. The Balaban J connectivity index is 0.00000784. The van der Waals surface area contributed by atoms with Crippen LogP contribution in [0.3, 0.4) is 0 Å². The molecule has 0 fully saturated rings. The van der Waals surface area contributed by atoms with Crippen LogP contribution in [-0.4, -0.2) is 76.0 Å². The van der Waals surface area contributed by atoms with E-state index in [1.807, 2.05) is 13.8 Å². The molecular weight excluding hydrogens is 728 g/mol. The van der Waals surface area contributed by atoms with Crippen molar-refractivity contribution in [3.05, 3.63) is 87.5 Å². The summed E-state index contributed by atoms with van der Waals surface area (Å²) in [6.07, 6.45) is -0.103. The lowest BCUT2D eigenvalue weighted by atomic mass is 9.96. The number of methoxy groups -OCH3 is 1. The van der Waals surface area contributed by atoms with Crippen molar-refractivity contribution in [1.29, 1.82) is 0 Å². The number of amides is 4. The quantitative estimate of drug-likeness (QED) is 0.110. The number of nitrogens with two attached hydrogens (primary N) is 1. The van der Waals surface area contributed by atoms with E-state index in [9.17, 15) is 44.3 Å². The Kier molecular flexibility index (Phi) is 14.7.